The van der Waals surface area contributed by atoms with Gasteiger partial charge in [0.1, 0.15) is 11.6 Å². The number of nitriles is 1. The number of nitrogens with zero attached hydrogens (tertiary/aromatic N) is 7. The first-order chi connectivity index (χ1) is 17.3. The lowest BCUT2D eigenvalue weighted by Crippen LogP contribution is -2.49. The molecule has 0 unspecified atom stereocenters. The van der Waals surface area contributed by atoms with Crippen LogP contribution in [0.5, 0.6) is 0 Å². The number of H-pyrrole nitrogens is 1. The topological polar surface area (TPSA) is 131 Å². The molecule has 2 aromatic rings. The van der Waals surface area contributed by atoms with Crippen LogP contribution in [0.3, 0.4) is 0 Å². The maximum atomic E-state index is 13.4. The summed E-state index contributed by atoms with van der Waals surface area (Å²) in [4.78, 5) is 37.6. The number of hydrogen-bond acceptors (Lipinski definition) is 9. The van der Waals surface area contributed by atoms with E-state index >= 15 is 0 Å². The Balaban J connectivity index is 1.24. The first-order valence-corrected chi connectivity index (χ1v) is 11.5. The number of piperazine rings is 1. The molecule has 1 N–H and O–H groups in total. The molecule has 0 radical (unpaired) electrons. The van der Waals surface area contributed by atoms with Gasteiger partial charge < -0.3 is 19.4 Å². The van der Waals surface area contributed by atoms with Gasteiger partial charge in [-0.05, 0) is 12.8 Å². The van der Waals surface area contributed by atoms with Gasteiger partial charge >= 0.3 is 6.18 Å². The molecule has 2 aliphatic heterocycles. The van der Waals surface area contributed by atoms with Gasteiger partial charge in [0, 0.05) is 32.7 Å². The molecule has 0 saturated carbocycles. The van der Waals surface area contributed by atoms with Crippen molar-refractivity contribution in [1.82, 2.24) is 25.1 Å². The molecule has 36 heavy (non-hydrogen) atoms. The van der Waals surface area contributed by atoms with Crippen LogP contribution in [0.1, 0.15) is 30.7 Å². The van der Waals surface area contributed by atoms with Crippen LogP contribution in [-0.4, -0.2) is 83.0 Å². The van der Waals surface area contributed by atoms with Gasteiger partial charge in [-0.25, -0.2) is 15.1 Å². The number of nitrogens with one attached hydrogen (secondary N) is 1. The number of anilines is 2. The molecule has 4 rings (SSSR count). The van der Waals surface area contributed by atoms with E-state index in [0.29, 0.717) is 45.6 Å². The van der Waals surface area contributed by atoms with Gasteiger partial charge in [-0.1, -0.05) is 0 Å². The van der Waals surface area contributed by atoms with Crippen molar-refractivity contribution >= 4 is 17.3 Å². The predicted molar refractivity (Wildman–Crippen MR) is 121 cm³/mol. The van der Waals surface area contributed by atoms with Crippen LogP contribution < -0.4 is 15.4 Å². The van der Waals surface area contributed by atoms with E-state index in [1.807, 2.05) is 16.1 Å². The van der Waals surface area contributed by atoms with Crippen LogP contribution in [0, 0.1) is 11.3 Å². The van der Waals surface area contributed by atoms with Crippen molar-refractivity contribution in [2.75, 3.05) is 55.7 Å². The van der Waals surface area contributed by atoms with Gasteiger partial charge in [-0.15, -0.1) is 0 Å². The number of aromatic amines is 1. The Morgan fingerprint density at radius 2 is 1.89 bits per heavy atom. The normalized spacial score (nSPS) is 18.4. The van der Waals surface area contributed by atoms with E-state index in [4.69, 9.17) is 10.00 Å². The molecule has 0 aliphatic carbocycles. The lowest BCUT2D eigenvalue weighted by molar-refractivity contribution is -0.138. The second-order valence-corrected chi connectivity index (χ2v) is 8.52. The molecule has 2 fully saturated rings. The summed E-state index contributed by atoms with van der Waals surface area (Å²) < 4.78 is 46.0. The summed E-state index contributed by atoms with van der Waals surface area (Å²) in [5, 5.41) is 14.2. The number of hydrogen-bond donors (Lipinski definition) is 1. The minimum atomic E-state index is -4.80. The molecular weight excluding hydrogens is 481 g/mol. The zero-order valence-corrected chi connectivity index (χ0v) is 19.4. The summed E-state index contributed by atoms with van der Waals surface area (Å²) in [5.41, 5.74) is -2.00. The van der Waals surface area contributed by atoms with Gasteiger partial charge in [0.25, 0.3) is 5.56 Å². The standard InChI is InChI=1S/C22H25F3N8O3/c23-22(24,25)20-17(13-29-30-21(20)35)33-4-1-2-15(33)14-36-9-3-19(34)32-7-5-31(6-8-32)16-11-27-18(10-26)28-12-16/h11-13,15H,1-9,14H2,(H,30,35)/t15-/m0/s1. The van der Waals surface area contributed by atoms with Crippen LogP contribution >= 0.6 is 0 Å². The van der Waals surface area contributed by atoms with Crippen molar-refractivity contribution in [3.05, 3.63) is 40.3 Å². The number of ether oxygens (including phenoxy) is 1. The minimum Gasteiger partial charge on any atom is -0.379 e. The van der Waals surface area contributed by atoms with Crippen LogP contribution in [-0.2, 0) is 15.7 Å². The Bertz CT molecular complexity index is 1160. The van der Waals surface area contributed by atoms with Crippen LogP contribution in [0.15, 0.2) is 23.4 Å². The van der Waals surface area contributed by atoms with E-state index in [0.717, 1.165) is 11.9 Å². The summed E-state index contributed by atoms with van der Waals surface area (Å²) in [5.74, 6) is 0.0373. The second kappa shape index (κ2) is 10.9. The molecule has 0 spiro atoms. The zero-order valence-electron chi connectivity index (χ0n) is 19.4. The van der Waals surface area contributed by atoms with Crippen molar-refractivity contribution in [2.45, 2.75) is 31.5 Å². The summed E-state index contributed by atoms with van der Waals surface area (Å²) in [6, 6.07) is 1.53. The van der Waals surface area contributed by atoms with E-state index in [1.165, 1.54) is 4.90 Å². The first-order valence-electron chi connectivity index (χ1n) is 11.5. The third-order valence-electron chi connectivity index (χ3n) is 6.31. The maximum absolute atomic E-state index is 13.4. The summed E-state index contributed by atoms with van der Waals surface area (Å²) >= 11 is 0. The minimum absolute atomic E-state index is 0.0628. The third kappa shape index (κ3) is 5.73. The first kappa shape index (κ1) is 25.4. The monoisotopic (exact) mass is 506 g/mol. The van der Waals surface area contributed by atoms with E-state index < -0.39 is 17.3 Å². The molecule has 1 amide bonds. The van der Waals surface area contributed by atoms with Gasteiger partial charge in [-0.2, -0.15) is 23.5 Å². The highest BCUT2D eigenvalue weighted by molar-refractivity contribution is 5.76. The molecule has 2 saturated heterocycles. The molecule has 192 valence electrons. The van der Waals surface area contributed by atoms with Crippen molar-refractivity contribution in [3.8, 4) is 6.07 Å². The van der Waals surface area contributed by atoms with Gasteiger partial charge in [0.15, 0.2) is 0 Å². The number of amides is 1. The van der Waals surface area contributed by atoms with E-state index in [1.54, 1.807) is 17.3 Å². The van der Waals surface area contributed by atoms with E-state index in [2.05, 4.69) is 15.1 Å². The summed E-state index contributed by atoms with van der Waals surface area (Å²) in [6.07, 6.45) is 0.821. The highest BCUT2D eigenvalue weighted by Crippen LogP contribution is 2.36. The highest BCUT2D eigenvalue weighted by atomic mass is 19.4. The lowest BCUT2D eigenvalue weighted by atomic mass is 10.2. The number of alkyl halides is 3. The third-order valence-corrected chi connectivity index (χ3v) is 6.31. The summed E-state index contributed by atoms with van der Waals surface area (Å²) in [6.45, 7) is 2.89. The quantitative estimate of drug-likeness (QED) is 0.550. The Labute approximate surface area is 204 Å². The molecule has 14 heteroatoms. The van der Waals surface area contributed by atoms with Crippen molar-refractivity contribution in [2.24, 2.45) is 0 Å². The maximum Gasteiger partial charge on any atom is 0.423 e. The van der Waals surface area contributed by atoms with Crippen LogP contribution in [0.4, 0.5) is 24.5 Å². The highest BCUT2D eigenvalue weighted by Gasteiger charge is 2.40. The lowest BCUT2D eigenvalue weighted by Gasteiger charge is -2.35. The van der Waals surface area contributed by atoms with Crippen LogP contribution in [0.25, 0.3) is 0 Å². The number of rotatable bonds is 7. The number of carbonyl (C=O) groups is 1. The summed E-state index contributed by atoms with van der Waals surface area (Å²) in [7, 11) is 0. The number of aromatic nitrogens is 4. The SMILES string of the molecule is N#Cc1ncc(N2CCN(C(=O)CCOC[C@@H]3CCCN3c3cn[nH]c(=O)c3C(F)(F)F)CC2)cn1. The van der Waals surface area contributed by atoms with Crippen molar-refractivity contribution in [3.63, 3.8) is 0 Å². The van der Waals surface area contributed by atoms with Gasteiger partial charge in [0.2, 0.25) is 11.7 Å². The average molecular weight is 506 g/mol. The molecule has 11 nitrogen and oxygen atoms in total. The van der Waals surface area contributed by atoms with E-state index in [9.17, 15) is 22.8 Å². The second-order valence-electron chi connectivity index (χ2n) is 8.52. The van der Waals surface area contributed by atoms with E-state index in [-0.39, 0.29) is 43.1 Å². The number of halogens is 3. The molecule has 0 aromatic carbocycles. The Kier molecular flexibility index (Phi) is 7.68. The Hall–Kier alpha value is -3.73. The Morgan fingerprint density at radius 3 is 2.56 bits per heavy atom. The fraction of sp³-hybridized carbons (Fsp3) is 0.545. The fourth-order valence-corrected chi connectivity index (χ4v) is 4.50. The Morgan fingerprint density at radius 1 is 1.17 bits per heavy atom. The van der Waals surface area contributed by atoms with Crippen LogP contribution in [0.2, 0.25) is 0 Å². The van der Waals surface area contributed by atoms with Crippen molar-refractivity contribution in [1.29, 1.82) is 5.26 Å². The average Bonchev–Trinajstić information content (AvgIpc) is 3.34. The van der Waals surface area contributed by atoms with Crippen molar-refractivity contribution < 1.29 is 22.7 Å². The molecule has 2 aliphatic rings. The zero-order chi connectivity index (χ0) is 25.7. The predicted octanol–water partition coefficient (Wildman–Crippen LogP) is 1.17. The smallest absolute Gasteiger partial charge is 0.379 e. The largest absolute Gasteiger partial charge is 0.423 e. The molecule has 1 atom stereocenters. The van der Waals surface area contributed by atoms with Gasteiger partial charge in [0.05, 0.1) is 55.6 Å². The molecule has 0 bridgehead atoms. The number of carbonyl (C=O) groups excluding carboxylic acids is 1. The molecular formula is C22H25F3N8O3. The molecule has 2 aromatic heterocycles. The fourth-order valence-electron chi connectivity index (χ4n) is 4.50. The van der Waals surface area contributed by atoms with Gasteiger partial charge in [-0.3, -0.25) is 9.59 Å². The molecule has 4 heterocycles.